The molecule has 140 valence electrons. The summed E-state index contributed by atoms with van der Waals surface area (Å²) in [5, 5.41) is 2.87. The third kappa shape index (κ3) is 4.49. The van der Waals surface area contributed by atoms with Crippen molar-refractivity contribution in [1.29, 1.82) is 0 Å². The van der Waals surface area contributed by atoms with Crippen LogP contribution in [0.15, 0.2) is 42.7 Å². The summed E-state index contributed by atoms with van der Waals surface area (Å²) in [6.07, 6.45) is 3.71. The van der Waals surface area contributed by atoms with Crippen LogP contribution in [0, 0.1) is 6.92 Å². The Bertz CT molecular complexity index is 845. The van der Waals surface area contributed by atoms with Gasteiger partial charge in [-0.15, -0.1) is 0 Å². The molecule has 0 radical (unpaired) electrons. The molecule has 1 aliphatic rings. The van der Waals surface area contributed by atoms with Gasteiger partial charge in [0.15, 0.2) is 0 Å². The molecule has 2 aromatic rings. The summed E-state index contributed by atoms with van der Waals surface area (Å²) in [5.41, 5.74) is 2.87. The predicted molar refractivity (Wildman–Crippen MR) is 100 cm³/mol. The van der Waals surface area contributed by atoms with Crippen molar-refractivity contribution in [2.45, 2.75) is 13.5 Å². The Morgan fingerprint density at radius 2 is 1.81 bits per heavy atom. The number of nitrogens with zero attached hydrogens (tertiary/aromatic N) is 3. The lowest BCUT2D eigenvalue weighted by Crippen LogP contribution is -2.48. The molecule has 0 aliphatic carbocycles. The van der Waals surface area contributed by atoms with Crippen LogP contribution in [0.3, 0.4) is 0 Å². The average molecular weight is 366 g/mol. The fourth-order valence-electron chi connectivity index (χ4n) is 2.98. The van der Waals surface area contributed by atoms with Gasteiger partial charge in [0.25, 0.3) is 11.8 Å². The number of hydrogen-bond donors (Lipinski definition) is 1. The van der Waals surface area contributed by atoms with Crippen molar-refractivity contribution in [1.82, 2.24) is 20.1 Å². The lowest BCUT2D eigenvalue weighted by Gasteiger charge is -2.32. The highest BCUT2D eigenvalue weighted by molar-refractivity contribution is 5.99. The Hall–Kier alpha value is -3.22. The number of piperazine rings is 1. The molecule has 7 heteroatoms. The van der Waals surface area contributed by atoms with Gasteiger partial charge in [-0.1, -0.05) is 24.3 Å². The lowest BCUT2D eigenvalue weighted by atomic mass is 10.1. The number of amides is 3. The van der Waals surface area contributed by atoms with E-state index < -0.39 is 0 Å². The fraction of sp³-hybridized carbons (Fsp3) is 0.300. The summed E-state index contributed by atoms with van der Waals surface area (Å²) >= 11 is 0. The van der Waals surface area contributed by atoms with Gasteiger partial charge in [-0.2, -0.15) is 0 Å². The molecule has 1 aromatic heterocycles. The Balaban J connectivity index is 1.64. The van der Waals surface area contributed by atoms with E-state index in [4.69, 9.17) is 0 Å². The van der Waals surface area contributed by atoms with Gasteiger partial charge in [-0.3, -0.25) is 19.4 Å². The number of carbonyl (C=O) groups excluding carboxylic acids is 3. The van der Waals surface area contributed by atoms with Gasteiger partial charge < -0.3 is 15.1 Å². The third-order valence-corrected chi connectivity index (χ3v) is 4.70. The van der Waals surface area contributed by atoms with Crippen LogP contribution in [0.5, 0.6) is 0 Å². The molecule has 1 fully saturated rings. The van der Waals surface area contributed by atoms with Gasteiger partial charge in [-0.25, -0.2) is 0 Å². The zero-order chi connectivity index (χ0) is 19.2. The molecular formula is C20H22N4O3. The van der Waals surface area contributed by atoms with Crippen LogP contribution in [-0.4, -0.2) is 59.2 Å². The van der Waals surface area contributed by atoms with Gasteiger partial charge >= 0.3 is 0 Å². The molecule has 1 saturated heterocycles. The van der Waals surface area contributed by atoms with E-state index >= 15 is 0 Å². The van der Waals surface area contributed by atoms with Crippen LogP contribution in [0.25, 0.3) is 0 Å². The van der Waals surface area contributed by atoms with Gasteiger partial charge in [-0.05, 0) is 24.1 Å². The first-order valence-corrected chi connectivity index (χ1v) is 8.85. The standard InChI is InChI=1S/C20H22N4O3/c1-15-4-2-3-5-16(15)13-22-19(26)17-10-18(12-21-11-17)20(27)24-8-6-23(14-25)7-9-24/h2-5,10-12,14H,6-9,13H2,1H3,(H,22,26). The molecule has 0 spiro atoms. The molecule has 3 rings (SSSR count). The van der Waals surface area contributed by atoms with Crippen molar-refractivity contribution >= 4 is 18.2 Å². The second-order valence-corrected chi connectivity index (χ2v) is 6.51. The fourth-order valence-corrected chi connectivity index (χ4v) is 2.98. The minimum Gasteiger partial charge on any atom is -0.348 e. The van der Waals surface area contributed by atoms with Crippen LogP contribution < -0.4 is 5.32 Å². The molecule has 7 nitrogen and oxygen atoms in total. The Morgan fingerprint density at radius 1 is 1.11 bits per heavy atom. The zero-order valence-corrected chi connectivity index (χ0v) is 15.2. The first-order valence-electron chi connectivity index (χ1n) is 8.85. The highest BCUT2D eigenvalue weighted by atomic mass is 16.2. The summed E-state index contributed by atoms with van der Waals surface area (Å²) in [6, 6.07) is 9.41. The SMILES string of the molecule is Cc1ccccc1CNC(=O)c1cncc(C(=O)N2CCN(C=O)CC2)c1. The van der Waals surface area contributed by atoms with E-state index in [0.717, 1.165) is 17.5 Å². The Morgan fingerprint density at radius 3 is 2.52 bits per heavy atom. The maximum Gasteiger partial charge on any atom is 0.255 e. The van der Waals surface area contributed by atoms with Gasteiger partial charge in [0.1, 0.15) is 0 Å². The van der Waals surface area contributed by atoms with Crippen molar-refractivity contribution < 1.29 is 14.4 Å². The number of carbonyl (C=O) groups is 3. The van der Waals surface area contributed by atoms with E-state index in [1.54, 1.807) is 15.9 Å². The number of rotatable bonds is 5. The normalized spacial score (nSPS) is 14.0. The first kappa shape index (κ1) is 18.6. The highest BCUT2D eigenvalue weighted by Gasteiger charge is 2.22. The zero-order valence-electron chi connectivity index (χ0n) is 15.2. The lowest BCUT2D eigenvalue weighted by molar-refractivity contribution is -0.119. The number of aryl methyl sites for hydroxylation is 1. The second kappa shape index (κ2) is 8.44. The molecule has 0 atom stereocenters. The predicted octanol–water partition coefficient (Wildman–Crippen LogP) is 1.23. The molecule has 3 amide bonds. The van der Waals surface area contributed by atoms with Crippen LogP contribution in [-0.2, 0) is 11.3 Å². The minimum absolute atomic E-state index is 0.179. The molecule has 0 bridgehead atoms. The molecule has 0 unspecified atom stereocenters. The number of nitrogens with one attached hydrogen (secondary N) is 1. The van der Waals surface area contributed by atoms with Gasteiger partial charge in [0, 0.05) is 45.1 Å². The second-order valence-electron chi connectivity index (χ2n) is 6.51. The quantitative estimate of drug-likeness (QED) is 0.807. The first-order chi connectivity index (χ1) is 13.1. The average Bonchev–Trinajstić information content (AvgIpc) is 2.72. The molecule has 2 heterocycles. The molecular weight excluding hydrogens is 344 g/mol. The Labute approximate surface area is 158 Å². The molecule has 27 heavy (non-hydrogen) atoms. The van der Waals surface area contributed by atoms with Crippen LogP contribution in [0.4, 0.5) is 0 Å². The summed E-state index contributed by atoms with van der Waals surface area (Å²) in [4.78, 5) is 43.2. The minimum atomic E-state index is -0.272. The van der Waals surface area contributed by atoms with Crippen LogP contribution >= 0.6 is 0 Å². The number of hydrogen-bond acceptors (Lipinski definition) is 4. The van der Waals surface area contributed by atoms with Gasteiger partial charge in [0.05, 0.1) is 11.1 Å². The number of pyridine rings is 1. The maximum absolute atomic E-state index is 12.6. The largest absolute Gasteiger partial charge is 0.348 e. The van der Waals surface area contributed by atoms with Crippen molar-refractivity contribution in [3.8, 4) is 0 Å². The molecule has 1 aromatic carbocycles. The summed E-state index contributed by atoms with van der Waals surface area (Å²) < 4.78 is 0. The Kier molecular flexibility index (Phi) is 5.80. The topological polar surface area (TPSA) is 82.6 Å². The summed E-state index contributed by atoms with van der Waals surface area (Å²) in [6.45, 7) is 4.38. The van der Waals surface area contributed by atoms with E-state index in [1.807, 2.05) is 31.2 Å². The van der Waals surface area contributed by atoms with E-state index in [-0.39, 0.29) is 11.8 Å². The van der Waals surface area contributed by atoms with Gasteiger partial charge in [0.2, 0.25) is 6.41 Å². The third-order valence-electron chi connectivity index (χ3n) is 4.70. The number of benzene rings is 1. The molecule has 0 saturated carbocycles. The summed E-state index contributed by atoms with van der Waals surface area (Å²) in [7, 11) is 0. The highest BCUT2D eigenvalue weighted by Crippen LogP contribution is 2.11. The van der Waals surface area contributed by atoms with Crippen molar-refractivity contribution in [2.24, 2.45) is 0 Å². The van der Waals surface area contributed by atoms with E-state index in [9.17, 15) is 14.4 Å². The van der Waals surface area contributed by atoms with E-state index in [0.29, 0.717) is 43.9 Å². The van der Waals surface area contributed by atoms with E-state index in [2.05, 4.69) is 10.3 Å². The van der Waals surface area contributed by atoms with Crippen molar-refractivity contribution in [3.63, 3.8) is 0 Å². The molecule has 1 aliphatic heterocycles. The smallest absolute Gasteiger partial charge is 0.255 e. The van der Waals surface area contributed by atoms with Crippen molar-refractivity contribution in [2.75, 3.05) is 26.2 Å². The summed E-state index contributed by atoms with van der Waals surface area (Å²) in [5.74, 6) is -0.451. The monoisotopic (exact) mass is 366 g/mol. The maximum atomic E-state index is 12.6. The van der Waals surface area contributed by atoms with Crippen LogP contribution in [0.2, 0.25) is 0 Å². The van der Waals surface area contributed by atoms with E-state index in [1.165, 1.54) is 12.4 Å². The van der Waals surface area contributed by atoms with Crippen molar-refractivity contribution in [3.05, 3.63) is 65.0 Å². The number of aromatic nitrogens is 1. The molecule has 1 N–H and O–H groups in total. The van der Waals surface area contributed by atoms with Crippen LogP contribution in [0.1, 0.15) is 31.8 Å².